The Bertz CT molecular complexity index is 1360. The maximum Gasteiger partial charge on any atom is 0.246 e. The monoisotopic (exact) mass is 497 g/mol. The molecule has 3 aromatic carbocycles. The number of carbonyl (C=O) groups excluding carboxylic acids is 2. The van der Waals surface area contributed by atoms with Crippen LogP contribution in [-0.2, 0) is 9.59 Å². The van der Waals surface area contributed by atoms with Gasteiger partial charge in [0.25, 0.3) is 0 Å². The molecule has 1 aliphatic rings. The number of thiazole rings is 1. The number of nitrogens with zero attached hydrogens (tertiary/aromatic N) is 3. The summed E-state index contributed by atoms with van der Waals surface area (Å²) < 4.78 is 6.44. The minimum absolute atomic E-state index is 0.00534. The Balaban J connectivity index is 1.34. The van der Waals surface area contributed by atoms with Crippen LogP contribution in [0.2, 0.25) is 0 Å². The standard InChI is InChI=1S/C29H27N3O3S/c1-35-24-11-7-10-23(20-24)32(29-30-25-12-5-6-13-26(25)36-29)28(34)22-16-18-31(19-17-22)27(33)15-14-21-8-3-2-4-9-21/h2-15,20,22H,16-19H2,1H3/b15-14+. The van der Waals surface area contributed by atoms with Gasteiger partial charge in [-0.1, -0.05) is 59.9 Å². The van der Waals surface area contributed by atoms with Crippen molar-refractivity contribution in [1.82, 2.24) is 9.88 Å². The van der Waals surface area contributed by atoms with Crippen molar-refractivity contribution in [2.75, 3.05) is 25.1 Å². The van der Waals surface area contributed by atoms with Gasteiger partial charge in [0.2, 0.25) is 11.8 Å². The number of hydrogen-bond donors (Lipinski definition) is 0. The topological polar surface area (TPSA) is 62.7 Å². The third kappa shape index (κ3) is 5.16. The van der Waals surface area contributed by atoms with Crippen molar-refractivity contribution in [1.29, 1.82) is 0 Å². The maximum absolute atomic E-state index is 13.9. The van der Waals surface area contributed by atoms with Crippen LogP contribution < -0.4 is 9.64 Å². The normalized spacial score (nSPS) is 14.3. The van der Waals surface area contributed by atoms with E-state index in [4.69, 9.17) is 9.72 Å². The first-order valence-corrected chi connectivity index (χ1v) is 12.8. The van der Waals surface area contributed by atoms with Crippen molar-refractivity contribution in [2.45, 2.75) is 12.8 Å². The van der Waals surface area contributed by atoms with E-state index in [-0.39, 0.29) is 17.7 Å². The number of aromatic nitrogens is 1. The molecule has 0 saturated carbocycles. The average molecular weight is 498 g/mol. The summed E-state index contributed by atoms with van der Waals surface area (Å²) >= 11 is 1.50. The molecular weight excluding hydrogens is 470 g/mol. The number of carbonyl (C=O) groups is 2. The molecule has 36 heavy (non-hydrogen) atoms. The Morgan fingerprint density at radius 2 is 1.75 bits per heavy atom. The van der Waals surface area contributed by atoms with E-state index in [9.17, 15) is 9.59 Å². The molecule has 1 fully saturated rings. The lowest BCUT2D eigenvalue weighted by atomic mass is 9.95. The molecule has 0 N–H and O–H groups in total. The predicted molar refractivity (Wildman–Crippen MR) is 145 cm³/mol. The number of rotatable bonds is 6. The van der Waals surface area contributed by atoms with E-state index < -0.39 is 0 Å². The second-order valence-corrected chi connectivity index (χ2v) is 9.69. The molecule has 2 heterocycles. The molecule has 1 aromatic heterocycles. The van der Waals surface area contributed by atoms with Gasteiger partial charge in [-0.3, -0.25) is 14.5 Å². The second kappa shape index (κ2) is 10.7. The van der Waals surface area contributed by atoms with Gasteiger partial charge in [-0.25, -0.2) is 4.98 Å². The van der Waals surface area contributed by atoms with Gasteiger partial charge in [0.05, 0.1) is 23.0 Å². The molecule has 6 nitrogen and oxygen atoms in total. The number of ether oxygens (including phenoxy) is 1. The van der Waals surface area contributed by atoms with Gasteiger partial charge in [0.15, 0.2) is 5.13 Å². The number of amides is 2. The summed E-state index contributed by atoms with van der Waals surface area (Å²) in [5, 5.41) is 0.638. The molecule has 0 radical (unpaired) electrons. The predicted octanol–water partition coefficient (Wildman–Crippen LogP) is 5.92. The number of benzene rings is 3. The van der Waals surface area contributed by atoms with Gasteiger partial charge in [-0.2, -0.15) is 0 Å². The molecule has 7 heteroatoms. The highest BCUT2D eigenvalue weighted by Crippen LogP contribution is 2.37. The van der Waals surface area contributed by atoms with E-state index in [1.54, 1.807) is 18.1 Å². The lowest BCUT2D eigenvalue weighted by Gasteiger charge is -2.33. The molecule has 2 amide bonds. The molecule has 0 aliphatic carbocycles. The Hall–Kier alpha value is -3.97. The van der Waals surface area contributed by atoms with Crippen molar-refractivity contribution in [3.63, 3.8) is 0 Å². The molecule has 0 atom stereocenters. The van der Waals surface area contributed by atoms with Gasteiger partial charge in [-0.05, 0) is 48.7 Å². The summed E-state index contributed by atoms with van der Waals surface area (Å²) in [7, 11) is 1.61. The second-order valence-electron chi connectivity index (χ2n) is 8.68. The van der Waals surface area contributed by atoms with E-state index in [1.807, 2.05) is 89.8 Å². The molecule has 0 spiro atoms. The van der Waals surface area contributed by atoms with Crippen molar-refractivity contribution < 1.29 is 14.3 Å². The van der Waals surface area contributed by atoms with Crippen LogP contribution in [0.4, 0.5) is 10.8 Å². The van der Waals surface area contributed by atoms with Crippen molar-refractivity contribution in [3.05, 3.63) is 90.5 Å². The quantitative estimate of drug-likeness (QED) is 0.310. The van der Waals surface area contributed by atoms with Gasteiger partial charge in [-0.15, -0.1) is 0 Å². The van der Waals surface area contributed by atoms with Gasteiger partial charge in [0.1, 0.15) is 5.75 Å². The molecule has 1 saturated heterocycles. The summed E-state index contributed by atoms with van der Waals surface area (Å²) in [6.45, 7) is 1.08. The zero-order valence-corrected chi connectivity index (χ0v) is 20.9. The van der Waals surface area contributed by atoms with E-state index in [0.717, 1.165) is 21.5 Å². The van der Waals surface area contributed by atoms with Crippen LogP contribution in [-0.4, -0.2) is 41.9 Å². The van der Waals surface area contributed by atoms with E-state index in [0.29, 0.717) is 36.8 Å². The summed E-state index contributed by atoms with van der Waals surface area (Å²) in [6.07, 6.45) is 4.66. The number of para-hydroxylation sites is 1. The fourth-order valence-electron chi connectivity index (χ4n) is 4.40. The number of anilines is 2. The summed E-state index contributed by atoms with van der Waals surface area (Å²) in [4.78, 5) is 34.9. The Kier molecular flexibility index (Phi) is 7.09. The first kappa shape index (κ1) is 23.8. The van der Waals surface area contributed by atoms with Gasteiger partial charge in [0, 0.05) is 31.1 Å². The van der Waals surface area contributed by atoms with Crippen LogP contribution >= 0.6 is 11.3 Å². The number of fused-ring (bicyclic) bond motifs is 1. The average Bonchev–Trinajstić information content (AvgIpc) is 3.36. The highest BCUT2D eigenvalue weighted by atomic mass is 32.1. The van der Waals surface area contributed by atoms with Crippen LogP contribution in [0.5, 0.6) is 5.75 Å². The fourth-order valence-corrected chi connectivity index (χ4v) is 5.40. The lowest BCUT2D eigenvalue weighted by molar-refractivity contribution is -0.130. The number of piperidine rings is 1. The van der Waals surface area contributed by atoms with E-state index in [2.05, 4.69) is 0 Å². The van der Waals surface area contributed by atoms with Gasteiger partial charge < -0.3 is 9.64 Å². The van der Waals surface area contributed by atoms with Crippen molar-refractivity contribution in [3.8, 4) is 5.75 Å². The maximum atomic E-state index is 13.9. The first-order chi connectivity index (χ1) is 17.6. The van der Waals surface area contributed by atoms with Crippen LogP contribution in [0, 0.1) is 5.92 Å². The molecule has 5 rings (SSSR count). The largest absolute Gasteiger partial charge is 0.497 e. The molecule has 1 aliphatic heterocycles. The third-order valence-electron chi connectivity index (χ3n) is 6.38. The van der Waals surface area contributed by atoms with Crippen LogP contribution in [0.25, 0.3) is 16.3 Å². The number of methoxy groups -OCH3 is 1. The van der Waals surface area contributed by atoms with Crippen LogP contribution in [0.3, 0.4) is 0 Å². The number of likely N-dealkylation sites (tertiary alicyclic amines) is 1. The van der Waals surface area contributed by atoms with Crippen LogP contribution in [0.15, 0.2) is 84.9 Å². The smallest absolute Gasteiger partial charge is 0.246 e. The SMILES string of the molecule is COc1cccc(N(C(=O)C2CCN(C(=O)/C=C/c3ccccc3)CC2)c2nc3ccccc3s2)c1. The number of hydrogen-bond acceptors (Lipinski definition) is 5. The molecule has 0 unspecified atom stereocenters. The Labute approximate surface area is 214 Å². The highest BCUT2D eigenvalue weighted by molar-refractivity contribution is 7.22. The fraction of sp³-hybridized carbons (Fsp3) is 0.207. The minimum atomic E-state index is -0.203. The van der Waals surface area contributed by atoms with Crippen molar-refractivity contribution in [2.24, 2.45) is 5.92 Å². The Morgan fingerprint density at radius 3 is 2.50 bits per heavy atom. The zero-order chi connectivity index (χ0) is 24.9. The van der Waals surface area contributed by atoms with E-state index >= 15 is 0 Å². The van der Waals surface area contributed by atoms with Crippen molar-refractivity contribution >= 4 is 50.3 Å². The van der Waals surface area contributed by atoms with Crippen LogP contribution in [0.1, 0.15) is 18.4 Å². The first-order valence-electron chi connectivity index (χ1n) is 12.0. The summed E-state index contributed by atoms with van der Waals surface area (Å²) in [5.74, 6) is 0.442. The molecule has 182 valence electrons. The lowest BCUT2D eigenvalue weighted by Crippen LogP contribution is -2.43. The third-order valence-corrected chi connectivity index (χ3v) is 7.40. The highest BCUT2D eigenvalue weighted by Gasteiger charge is 2.32. The van der Waals surface area contributed by atoms with E-state index in [1.165, 1.54) is 11.3 Å². The minimum Gasteiger partial charge on any atom is -0.497 e. The zero-order valence-electron chi connectivity index (χ0n) is 20.0. The molecule has 0 bridgehead atoms. The van der Waals surface area contributed by atoms with Gasteiger partial charge >= 0.3 is 0 Å². The molecular formula is C29H27N3O3S. The summed E-state index contributed by atoms with van der Waals surface area (Å²) in [5.41, 5.74) is 2.58. The molecule has 4 aromatic rings. The summed E-state index contributed by atoms with van der Waals surface area (Å²) in [6, 6.07) is 25.1. The Morgan fingerprint density at radius 1 is 1.00 bits per heavy atom.